The van der Waals surface area contributed by atoms with E-state index in [4.69, 9.17) is 0 Å². The third kappa shape index (κ3) is 3.46. The zero-order valence-electron chi connectivity index (χ0n) is 11.6. The second kappa shape index (κ2) is 7.29. The quantitative estimate of drug-likeness (QED) is 0.749. The first-order valence-electron chi connectivity index (χ1n) is 7.24. The second-order valence-corrected chi connectivity index (χ2v) is 5.09. The van der Waals surface area contributed by atoms with Crippen LogP contribution in [-0.2, 0) is 0 Å². The summed E-state index contributed by atoms with van der Waals surface area (Å²) in [5, 5.41) is 3.65. The van der Waals surface area contributed by atoms with Crippen LogP contribution in [0.3, 0.4) is 0 Å². The van der Waals surface area contributed by atoms with Crippen LogP contribution in [0.2, 0.25) is 0 Å². The van der Waals surface area contributed by atoms with Gasteiger partial charge in [0.1, 0.15) is 0 Å². The topological polar surface area (TPSA) is 15.3 Å². The smallest absolute Gasteiger partial charge is 0.0119 e. The van der Waals surface area contributed by atoms with Gasteiger partial charge in [-0.2, -0.15) is 0 Å². The first-order chi connectivity index (χ1) is 7.76. The van der Waals surface area contributed by atoms with E-state index in [1.165, 1.54) is 38.8 Å². The molecule has 16 heavy (non-hydrogen) atoms. The Morgan fingerprint density at radius 2 is 1.88 bits per heavy atom. The van der Waals surface area contributed by atoms with E-state index in [1.54, 1.807) is 0 Å². The predicted octanol–water partition coefficient (Wildman–Crippen LogP) is 2.89. The largest absolute Gasteiger partial charge is 0.314 e. The molecular formula is C14H30N2. The minimum atomic E-state index is 0.764. The van der Waals surface area contributed by atoms with Gasteiger partial charge in [0.15, 0.2) is 0 Å². The summed E-state index contributed by atoms with van der Waals surface area (Å²) in [5.74, 6) is 0.856. The van der Waals surface area contributed by atoms with Gasteiger partial charge in [-0.25, -0.2) is 0 Å². The van der Waals surface area contributed by atoms with Crippen molar-refractivity contribution in [3.05, 3.63) is 0 Å². The maximum absolute atomic E-state index is 3.65. The average molecular weight is 226 g/mol. The number of piperidine rings is 1. The fourth-order valence-electron chi connectivity index (χ4n) is 3.14. The minimum absolute atomic E-state index is 0.764. The van der Waals surface area contributed by atoms with Crippen LogP contribution in [0, 0.1) is 5.92 Å². The maximum Gasteiger partial charge on any atom is 0.0119 e. The normalized spacial score (nSPS) is 27.6. The molecule has 1 N–H and O–H groups in total. The average Bonchev–Trinajstić information content (AvgIpc) is 2.32. The van der Waals surface area contributed by atoms with Gasteiger partial charge in [0.2, 0.25) is 0 Å². The first kappa shape index (κ1) is 14.0. The lowest BCUT2D eigenvalue weighted by Gasteiger charge is -2.42. The molecule has 0 aromatic carbocycles. The van der Waals surface area contributed by atoms with Crippen LogP contribution in [0.25, 0.3) is 0 Å². The molecular weight excluding hydrogens is 196 g/mol. The van der Waals surface area contributed by atoms with Crippen molar-refractivity contribution in [2.75, 3.05) is 19.6 Å². The molecule has 0 bridgehead atoms. The Morgan fingerprint density at radius 3 is 2.38 bits per heavy atom. The zero-order valence-corrected chi connectivity index (χ0v) is 11.6. The van der Waals surface area contributed by atoms with Crippen molar-refractivity contribution in [2.24, 2.45) is 5.92 Å². The molecule has 1 aliphatic rings. The SMILES string of the molecule is CCNC1CCN(C(CC)CC)CC1CC. The highest BCUT2D eigenvalue weighted by Gasteiger charge is 2.29. The molecule has 0 aromatic heterocycles. The number of likely N-dealkylation sites (tertiary alicyclic amines) is 1. The van der Waals surface area contributed by atoms with E-state index in [9.17, 15) is 0 Å². The van der Waals surface area contributed by atoms with Gasteiger partial charge in [-0.05, 0) is 38.3 Å². The molecule has 1 aliphatic heterocycles. The summed E-state index contributed by atoms with van der Waals surface area (Å²) in [4.78, 5) is 2.72. The van der Waals surface area contributed by atoms with Crippen molar-refractivity contribution in [3.8, 4) is 0 Å². The van der Waals surface area contributed by atoms with Crippen molar-refractivity contribution in [3.63, 3.8) is 0 Å². The Bertz CT molecular complexity index is 178. The second-order valence-electron chi connectivity index (χ2n) is 5.09. The van der Waals surface area contributed by atoms with Gasteiger partial charge in [-0.3, -0.25) is 0 Å². The molecule has 2 heteroatoms. The highest BCUT2D eigenvalue weighted by Crippen LogP contribution is 2.23. The maximum atomic E-state index is 3.65. The van der Waals surface area contributed by atoms with Gasteiger partial charge in [0, 0.05) is 18.6 Å². The predicted molar refractivity (Wildman–Crippen MR) is 71.8 cm³/mol. The van der Waals surface area contributed by atoms with Crippen molar-refractivity contribution in [1.82, 2.24) is 10.2 Å². The number of rotatable bonds is 6. The fraction of sp³-hybridized carbons (Fsp3) is 1.00. The van der Waals surface area contributed by atoms with E-state index in [0.717, 1.165) is 24.5 Å². The molecule has 0 saturated carbocycles. The third-order valence-corrected chi connectivity index (χ3v) is 4.21. The molecule has 1 rings (SSSR count). The van der Waals surface area contributed by atoms with E-state index in [1.807, 2.05) is 0 Å². The number of nitrogens with one attached hydrogen (secondary N) is 1. The van der Waals surface area contributed by atoms with Crippen molar-refractivity contribution >= 4 is 0 Å². The Hall–Kier alpha value is -0.0800. The van der Waals surface area contributed by atoms with Crippen LogP contribution in [-0.4, -0.2) is 36.6 Å². The molecule has 0 radical (unpaired) electrons. The Balaban J connectivity index is 2.50. The first-order valence-corrected chi connectivity index (χ1v) is 7.24. The van der Waals surface area contributed by atoms with Gasteiger partial charge in [0.05, 0.1) is 0 Å². The lowest BCUT2D eigenvalue weighted by Crippen LogP contribution is -2.51. The van der Waals surface area contributed by atoms with E-state index in [-0.39, 0.29) is 0 Å². The molecule has 0 amide bonds. The summed E-state index contributed by atoms with van der Waals surface area (Å²) in [6.07, 6.45) is 5.26. The van der Waals surface area contributed by atoms with Crippen molar-refractivity contribution < 1.29 is 0 Å². The molecule has 2 atom stereocenters. The fourth-order valence-corrected chi connectivity index (χ4v) is 3.14. The van der Waals surface area contributed by atoms with Crippen LogP contribution in [0.15, 0.2) is 0 Å². The minimum Gasteiger partial charge on any atom is -0.314 e. The highest BCUT2D eigenvalue weighted by molar-refractivity contribution is 4.86. The Morgan fingerprint density at radius 1 is 1.19 bits per heavy atom. The highest BCUT2D eigenvalue weighted by atomic mass is 15.2. The van der Waals surface area contributed by atoms with E-state index < -0.39 is 0 Å². The summed E-state index contributed by atoms with van der Waals surface area (Å²) in [5.41, 5.74) is 0. The lowest BCUT2D eigenvalue weighted by atomic mass is 9.88. The van der Waals surface area contributed by atoms with Crippen molar-refractivity contribution in [1.29, 1.82) is 0 Å². The number of nitrogens with zero attached hydrogens (tertiary/aromatic N) is 1. The summed E-state index contributed by atoms with van der Waals surface area (Å²) >= 11 is 0. The van der Waals surface area contributed by atoms with Crippen LogP contribution in [0.1, 0.15) is 53.4 Å². The van der Waals surface area contributed by atoms with E-state index in [0.29, 0.717) is 0 Å². The van der Waals surface area contributed by atoms with Gasteiger partial charge in [0.25, 0.3) is 0 Å². The van der Waals surface area contributed by atoms with Crippen molar-refractivity contribution in [2.45, 2.75) is 65.5 Å². The number of hydrogen-bond donors (Lipinski definition) is 1. The molecule has 1 fully saturated rings. The van der Waals surface area contributed by atoms with Gasteiger partial charge in [-0.15, -0.1) is 0 Å². The lowest BCUT2D eigenvalue weighted by molar-refractivity contribution is 0.0904. The van der Waals surface area contributed by atoms with Crippen LogP contribution in [0.4, 0.5) is 0 Å². The molecule has 0 spiro atoms. The van der Waals surface area contributed by atoms with Crippen LogP contribution in [0.5, 0.6) is 0 Å². The molecule has 1 saturated heterocycles. The molecule has 0 aliphatic carbocycles. The van der Waals surface area contributed by atoms with Crippen LogP contribution < -0.4 is 5.32 Å². The van der Waals surface area contributed by atoms with Gasteiger partial charge >= 0.3 is 0 Å². The Labute approximate surface area is 102 Å². The van der Waals surface area contributed by atoms with E-state index >= 15 is 0 Å². The van der Waals surface area contributed by atoms with Gasteiger partial charge in [-0.1, -0.05) is 34.1 Å². The standard InChI is InChI=1S/C14H30N2/c1-5-12-11-16(13(6-2)7-3)10-9-14(12)15-8-4/h12-15H,5-11H2,1-4H3. The summed E-state index contributed by atoms with van der Waals surface area (Å²) in [7, 11) is 0. The molecule has 2 nitrogen and oxygen atoms in total. The molecule has 2 unspecified atom stereocenters. The van der Waals surface area contributed by atoms with Crippen LogP contribution >= 0.6 is 0 Å². The van der Waals surface area contributed by atoms with E-state index in [2.05, 4.69) is 37.9 Å². The van der Waals surface area contributed by atoms with Gasteiger partial charge < -0.3 is 10.2 Å². The zero-order chi connectivity index (χ0) is 12.0. The molecule has 0 aromatic rings. The summed E-state index contributed by atoms with van der Waals surface area (Å²) in [6, 6.07) is 1.58. The Kier molecular flexibility index (Phi) is 6.37. The summed E-state index contributed by atoms with van der Waals surface area (Å²) in [6.45, 7) is 12.9. The third-order valence-electron chi connectivity index (χ3n) is 4.21. The number of hydrogen-bond acceptors (Lipinski definition) is 2. The molecule has 96 valence electrons. The summed E-state index contributed by atoms with van der Waals surface area (Å²) < 4.78 is 0. The molecule has 1 heterocycles. The monoisotopic (exact) mass is 226 g/mol.